The topological polar surface area (TPSA) is 95.7 Å². The van der Waals surface area contributed by atoms with Gasteiger partial charge in [0.15, 0.2) is 0 Å². The zero-order valence-corrected chi connectivity index (χ0v) is 12.9. The van der Waals surface area contributed by atoms with E-state index >= 15 is 0 Å². The first-order valence-electron chi connectivity index (χ1n) is 6.63. The predicted molar refractivity (Wildman–Crippen MR) is 81.6 cm³/mol. The van der Waals surface area contributed by atoms with Crippen LogP contribution >= 0.6 is 15.9 Å². The summed E-state index contributed by atoms with van der Waals surface area (Å²) in [5.41, 5.74) is 0.524. The van der Waals surface area contributed by atoms with Gasteiger partial charge < -0.3 is 15.3 Å². The number of piperidine rings is 1. The van der Waals surface area contributed by atoms with Gasteiger partial charge in [-0.05, 0) is 30.9 Å². The van der Waals surface area contributed by atoms with Crippen molar-refractivity contribution in [1.29, 1.82) is 0 Å². The maximum atomic E-state index is 11.0. The number of rotatable bonds is 4. The summed E-state index contributed by atoms with van der Waals surface area (Å²) < 4.78 is 0.662. The smallest absolute Gasteiger partial charge is 0.407 e. The van der Waals surface area contributed by atoms with E-state index in [1.807, 2.05) is 0 Å². The highest BCUT2D eigenvalue weighted by molar-refractivity contribution is 9.10. The van der Waals surface area contributed by atoms with E-state index in [9.17, 15) is 14.9 Å². The van der Waals surface area contributed by atoms with Gasteiger partial charge in [0.25, 0.3) is 5.69 Å². The van der Waals surface area contributed by atoms with Gasteiger partial charge in [0.1, 0.15) is 5.69 Å². The molecule has 1 heterocycles. The van der Waals surface area contributed by atoms with Gasteiger partial charge in [0.05, 0.1) is 4.92 Å². The van der Waals surface area contributed by atoms with Crippen LogP contribution in [0.2, 0.25) is 0 Å². The lowest BCUT2D eigenvalue weighted by atomic mass is 9.97. The largest absolute Gasteiger partial charge is 0.465 e. The number of benzene rings is 1. The average molecular weight is 358 g/mol. The first-order valence-corrected chi connectivity index (χ1v) is 7.42. The summed E-state index contributed by atoms with van der Waals surface area (Å²) in [5.74, 6) is 0.323. The number of nitrogens with zero attached hydrogens (tertiary/aromatic N) is 2. The lowest BCUT2D eigenvalue weighted by molar-refractivity contribution is -0.384. The number of carbonyl (C=O) groups is 1. The van der Waals surface area contributed by atoms with Crippen molar-refractivity contribution in [3.63, 3.8) is 0 Å². The monoisotopic (exact) mass is 357 g/mol. The Kier molecular flexibility index (Phi) is 5.00. The quantitative estimate of drug-likeness (QED) is 0.637. The van der Waals surface area contributed by atoms with Gasteiger partial charge in [-0.25, -0.2) is 4.79 Å². The van der Waals surface area contributed by atoms with Crippen molar-refractivity contribution in [2.75, 3.05) is 25.0 Å². The van der Waals surface area contributed by atoms with Crippen LogP contribution in [0.5, 0.6) is 0 Å². The highest BCUT2D eigenvalue weighted by Gasteiger charge is 2.23. The Hall–Kier alpha value is -1.83. The molecule has 0 spiro atoms. The number of nitro benzene ring substituents is 1. The minimum Gasteiger partial charge on any atom is -0.465 e. The summed E-state index contributed by atoms with van der Waals surface area (Å²) in [7, 11) is 0. The molecule has 0 aromatic heterocycles. The van der Waals surface area contributed by atoms with E-state index in [2.05, 4.69) is 21.2 Å². The molecule has 21 heavy (non-hydrogen) atoms. The molecule has 0 bridgehead atoms. The van der Waals surface area contributed by atoms with Crippen molar-refractivity contribution < 1.29 is 14.8 Å². The van der Waals surface area contributed by atoms with Crippen LogP contribution in [0.15, 0.2) is 22.7 Å². The molecule has 0 saturated carbocycles. The number of halogens is 1. The molecule has 0 radical (unpaired) electrons. The van der Waals surface area contributed by atoms with Gasteiger partial charge >= 0.3 is 6.09 Å². The Morgan fingerprint density at radius 2 is 2.14 bits per heavy atom. The molecule has 0 aliphatic carbocycles. The molecule has 1 aromatic rings. The Morgan fingerprint density at radius 3 is 2.71 bits per heavy atom. The summed E-state index contributed by atoms with van der Waals surface area (Å²) in [6.07, 6.45) is 0.651. The Morgan fingerprint density at radius 1 is 1.48 bits per heavy atom. The zero-order valence-electron chi connectivity index (χ0n) is 11.3. The maximum absolute atomic E-state index is 11.0. The van der Waals surface area contributed by atoms with Gasteiger partial charge in [-0.2, -0.15) is 0 Å². The number of likely N-dealkylation sites (tertiary alicyclic amines) is 1. The van der Waals surface area contributed by atoms with Crippen molar-refractivity contribution >= 4 is 33.4 Å². The summed E-state index contributed by atoms with van der Waals surface area (Å²) in [6, 6.07) is 4.90. The fraction of sp³-hybridized carbons (Fsp3) is 0.462. The Labute approximate surface area is 130 Å². The van der Waals surface area contributed by atoms with Gasteiger partial charge in [0.2, 0.25) is 0 Å². The van der Waals surface area contributed by atoms with E-state index in [0.717, 1.165) is 12.8 Å². The molecule has 1 aromatic carbocycles. The third-order valence-corrected chi connectivity index (χ3v) is 4.12. The molecule has 114 valence electrons. The van der Waals surface area contributed by atoms with Gasteiger partial charge in [-0.1, -0.05) is 15.9 Å². The molecule has 1 amide bonds. The van der Waals surface area contributed by atoms with Crippen molar-refractivity contribution in [1.82, 2.24) is 4.90 Å². The number of nitro groups is 1. The molecule has 1 aliphatic heterocycles. The van der Waals surface area contributed by atoms with E-state index in [1.54, 1.807) is 12.1 Å². The molecular formula is C13H16BrN3O4. The van der Waals surface area contributed by atoms with Crippen LogP contribution in [-0.2, 0) is 0 Å². The van der Waals surface area contributed by atoms with Gasteiger partial charge in [-0.15, -0.1) is 0 Å². The van der Waals surface area contributed by atoms with Crippen molar-refractivity contribution in [2.45, 2.75) is 12.8 Å². The van der Waals surface area contributed by atoms with E-state index in [4.69, 9.17) is 5.11 Å². The molecule has 1 fully saturated rings. The highest BCUT2D eigenvalue weighted by atomic mass is 79.9. The number of nitrogens with one attached hydrogen (secondary N) is 1. The first kappa shape index (κ1) is 15.6. The lowest BCUT2D eigenvalue weighted by Gasteiger charge is -2.30. The fourth-order valence-electron chi connectivity index (χ4n) is 2.39. The summed E-state index contributed by atoms with van der Waals surface area (Å²) in [4.78, 5) is 22.8. The number of carboxylic acid groups (broad SMARTS) is 1. The summed E-state index contributed by atoms with van der Waals surface area (Å²) in [6.45, 7) is 1.64. The Bertz CT molecular complexity index is 544. The number of hydrogen-bond donors (Lipinski definition) is 2. The van der Waals surface area contributed by atoms with Crippen LogP contribution in [-0.4, -0.2) is 40.7 Å². The van der Waals surface area contributed by atoms with Crippen LogP contribution in [0.3, 0.4) is 0 Å². The lowest BCUT2D eigenvalue weighted by Crippen LogP contribution is -2.39. The first-order chi connectivity index (χ1) is 9.97. The van der Waals surface area contributed by atoms with E-state index in [1.165, 1.54) is 11.0 Å². The fourth-order valence-corrected chi connectivity index (χ4v) is 2.74. The molecule has 7 nitrogen and oxygen atoms in total. The van der Waals surface area contributed by atoms with Crippen LogP contribution in [0.25, 0.3) is 0 Å². The minimum atomic E-state index is -0.884. The van der Waals surface area contributed by atoms with Crippen molar-refractivity contribution in [2.24, 2.45) is 5.92 Å². The zero-order chi connectivity index (χ0) is 15.4. The molecule has 1 saturated heterocycles. The molecule has 0 unspecified atom stereocenters. The van der Waals surface area contributed by atoms with E-state index in [0.29, 0.717) is 35.7 Å². The molecule has 0 atom stereocenters. The Balaban J connectivity index is 1.92. The van der Waals surface area contributed by atoms with Gasteiger partial charge in [-0.3, -0.25) is 10.1 Å². The molecule has 8 heteroatoms. The highest BCUT2D eigenvalue weighted by Crippen LogP contribution is 2.28. The normalized spacial score (nSPS) is 15.8. The summed E-state index contributed by atoms with van der Waals surface area (Å²) >= 11 is 3.22. The molecule has 1 aliphatic rings. The van der Waals surface area contributed by atoms with Crippen LogP contribution in [0.4, 0.5) is 16.2 Å². The van der Waals surface area contributed by atoms with Gasteiger partial charge in [0, 0.05) is 30.2 Å². The van der Waals surface area contributed by atoms with Crippen molar-refractivity contribution in [3.05, 3.63) is 32.8 Å². The van der Waals surface area contributed by atoms with E-state index in [-0.39, 0.29) is 5.69 Å². The van der Waals surface area contributed by atoms with Crippen LogP contribution < -0.4 is 5.32 Å². The number of hydrogen-bond acceptors (Lipinski definition) is 4. The predicted octanol–water partition coefficient (Wildman–Crippen LogP) is 3.16. The molecule has 2 rings (SSSR count). The SMILES string of the molecule is O=C(O)N1CCC(CNc2ccc(Br)cc2[N+](=O)[O-])CC1. The average Bonchev–Trinajstić information content (AvgIpc) is 2.46. The van der Waals surface area contributed by atoms with Crippen LogP contribution in [0.1, 0.15) is 12.8 Å². The molecule has 2 N–H and O–H groups in total. The standard InChI is InChI=1S/C13H16BrN3O4/c14-10-1-2-11(12(7-10)17(20)21)15-8-9-3-5-16(6-4-9)13(18)19/h1-2,7,9,15H,3-6,8H2,(H,18,19). The molecular weight excluding hydrogens is 342 g/mol. The second-order valence-electron chi connectivity index (χ2n) is 5.01. The maximum Gasteiger partial charge on any atom is 0.407 e. The van der Waals surface area contributed by atoms with Crippen molar-refractivity contribution in [3.8, 4) is 0 Å². The number of amides is 1. The van der Waals surface area contributed by atoms with Crippen LogP contribution in [0, 0.1) is 16.0 Å². The minimum absolute atomic E-state index is 0.0346. The van der Waals surface area contributed by atoms with E-state index < -0.39 is 11.0 Å². The number of anilines is 1. The second-order valence-corrected chi connectivity index (χ2v) is 5.93. The third-order valence-electron chi connectivity index (χ3n) is 3.62. The summed E-state index contributed by atoms with van der Waals surface area (Å²) in [5, 5.41) is 23.0. The second kappa shape index (κ2) is 6.75. The third kappa shape index (κ3) is 4.07.